The predicted octanol–water partition coefficient (Wildman–Crippen LogP) is 4.80. The van der Waals surface area contributed by atoms with Gasteiger partial charge in [-0.15, -0.1) is 10.2 Å². The monoisotopic (exact) mass is 400 g/mol. The third-order valence-electron chi connectivity index (χ3n) is 5.56. The molecule has 2 atom stereocenters. The molecule has 28 heavy (non-hydrogen) atoms. The van der Waals surface area contributed by atoms with Gasteiger partial charge >= 0.3 is 6.09 Å². The molecule has 0 spiro atoms. The minimum atomic E-state index is -0.219. The van der Waals surface area contributed by atoms with Crippen LogP contribution in [0.5, 0.6) is 0 Å². The van der Waals surface area contributed by atoms with Gasteiger partial charge in [-0.05, 0) is 51.0 Å². The Balaban J connectivity index is 1.31. The zero-order chi connectivity index (χ0) is 19.3. The van der Waals surface area contributed by atoms with E-state index in [1.807, 2.05) is 42.2 Å². The summed E-state index contributed by atoms with van der Waals surface area (Å²) in [5.41, 5.74) is 1.01. The molecule has 1 heterocycles. The lowest BCUT2D eigenvalue weighted by Crippen LogP contribution is -2.45. The van der Waals surface area contributed by atoms with Crippen molar-refractivity contribution < 1.29 is 9.53 Å². The first-order valence-electron chi connectivity index (χ1n) is 10.3. The Labute approximate surface area is 170 Å². The van der Waals surface area contributed by atoms with Crippen molar-refractivity contribution in [3.05, 3.63) is 40.9 Å². The number of rotatable bonds is 7. The maximum atomic E-state index is 12.7. The largest absolute Gasteiger partial charge is 0.445 e. The van der Waals surface area contributed by atoms with Crippen molar-refractivity contribution in [1.29, 1.82) is 0 Å². The van der Waals surface area contributed by atoms with Crippen LogP contribution in [0.2, 0.25) is 0 Å². The maximum Gasteiger partial charge on any atom is 0.410 e. The summed E-state index contributed by atoms with van der Waals surface area (Å²) in [4.78, 5) is 14.5. The molecule has 2 saturated carbocycles. The van der Waals surface area contributed by atoms with Crippen molar-refractivity contribution in [3.63, 3.8) is 0 Å². The fraction of sp³-hybridized carbons (Fsp3) is 0.571. The second-order valence-corrected chi connectivity index (χ2v) is 8.72. The Hall–Kier alpha value is -2.15. The molecule has 1 amide bonds. The smallest absolute Gasteiger partial charge is 0.410 e. The Kier molecular flexibility index (Phi) is 6.10. The highest BCUT2D eigenvalue weighted by Crippen LogP contribution is 2.42. The molecule has 0 saturated heterocycles. The van der Waals surface area contributed by atoms with Crippen molar-refractivity contribution in [1.82, 2.24) is 15.1 Å². The van der Waals surface area contributed by atoms with Gasteiger partial charge in [0.2, 0.25) is 5.13 Å². The van der Waals surface area contributed by atoms with Gasteiger partial charge in [0, 0.05) is 24.5 Å². The van der Waals surface area contributed by atoms with E-state index in [0.29, 0.717) is 25.1 Å². The molecular formula is C21H28N4O2S. The molecule has 2 aromatic rings. The summed E-state index contributed by atoms with van der Waals surface area (Å²) in [6.45, 7) is 3.00. The summed E-state index contributed by atoms with van der Waals surface area (Å²) >= 11 is 1.69. The summed E-state index contributed by atoms with van der Waals surface area (Å²) in [6, 6.07) is 10.4. The molecule has 0 bridgehead atoms. The molecule has 2 aliphatic rings. The average molecular weight is 401 g/mol. The number of nitrogens with zero attached hydrogens (tertiary/aromatic N) is 3. The van der Waals surface area contributed by atoms with Crippen molar-refractivity contribution in [3.8, 4) is 0 Å². The van der Waals surface area contributed by atoms with Gasteiger partial charge in [-0.1, -0.05) is 41.7 Å². The normalized spacial score (nSPS) is 21.9. The van der Waals surface area contributed by atoms with Crippen molar-refractivity contribution >= 4 is 22.6 Å². The minimum Gasteiger partial charge on any atom is -0.445 e. The van der Waals surface area contributed by atoms with Crippen LogP contribution in [0.1, 0.15) is 61.9 Å². The number of hydrogen-bond acceptors (Lipinski definition) is 6. The number of nitrogens with one attached hydrogen (secondary N) is 1. The lowest BCUT2D eigenvalue weighted by atomic mass is 9.90. The molecule has 1 N–H and O–H groups in total. The second-order valence-electron chi connectivity index (χ2n) is 7.71. The van der Waals surface area contributed by atoms with Crippen LogP contribution in [0.4, 0.5) is 9.93 Å². The Bertz CT molecular complexity index is 778. The van der Waals surface area contributed by atoms with Crippen LogP contribution in [-0.4, -0.2) is 39.8 Å². The summed E-state index contributed by atoms with van der Waals surface area (Å²) in [6.07, 6.45) is 6.42. The third-order valence-corrected chi connectivity index (χ3v) is 6.58. The number of carbonyl (C=O) groups is 1. The molecule has 0 aliphatic heterocycles. The van der Waals surface area contributed by atoms with Crippen LogP contribution in [0.3, 0.4) is 0 Å². The first kappa shape index (κ1) is 19.2. The number of ether oxygens (including phenoxy) is 1. The van der Waals surface area contributed by atoms with E-state index < -0.39 is 0 Å². The third kappa shape index (κ3) is 4.82. The van der Waals surface area contributed by atoms with Gasteiger partial charge in [0.05, 0.1) is 0 Å². The van der Waals surface area contributed by atoms with Crippen LogP contribution in [-0.2, 0) is 11.3 Å². The molecule has 0 unspecified atom stereocenters. The summed E-state index contributed by atoms with van der Waals surface area (Å²) in [5, 5.41) is 14.3. The lowest BCUT2D eigenvalue weighted by Gasteiger charge is -2.36. The predicted molar refractivity (Wildman–Crippen MR) is 111 cm³/mol. The Morgan fingerprint density at radius 3 is 2.79 bits per heavy atom. The molecule has 150 valence electrons. The number of amides is 1. The number of carbonyl (C=O) groups excluding carboxylic acids is 1. The molecule has 0 radical (unpaired) electrons. The van der Waals surface area contributed by atoms with Crippen molar-refractivity contribution in [2.24, 2.45) is 0 Å². The van der Waals surface area contributed by atoms with Crippen LogP contribution >= 0.6 is 11.3 Å². The van der Waals surface area contributed by atoms with Gasteiger partial charge in [0.1, 0.15) is 11.6 Å². The molecule has 2 fully saturated rings. The van der Waals surface area contributed by atoms with Gasteiger partial charge < -0.3 is 15.0 Å². The first-order valence-corrected chi connectivity index (χ1v) is 11.1. The van der Waals surface area contributed by atoms with Crippen LogP contribution < -0.4 is 5.32 Å². The van der Waals surface area contributed by atoms with E-state index >= 15 is 0 Å². The summed E-state index contributed by atoms with van der Waals surface area (Å²) in [7, 11) is 0. The molecule has 1 aromatic carbocycles. The lowest BCUT2D eigenvalue weighted by molar-refractivity contribution is 0.0732. The van der Waals surface area contributed by atoms with E-state index in [4.69, 9.17) is 4.74 Å². The van der Waals surface area contributed by atoms with Gasteiger partial charge in [-0.3, -0.25) is 0 Å². The maximum absolute atomic E-state index is 12.7. The summed E-state index contributed by atoms with van der Waals surface area (Å²) in [5.74, 6) is 0.641. The molecule has 2 aliphatic carbocycles. The average Bonchev–Trinajstić information content (AvgIpc) is 3.47. The van der Waals surface area contributed by atoms with E-state index in [1.165, 1.54) is 12.8 Å². The molecule has 6 nitrogen and oxygen atoms in total. The van der Waals surface area contributed by atoms with Crippen molar-refractivity contribution in [2.45, 2.75) is 70.1 Å². The molecular weight excluding hydrogens is 372 g/mol. The van der Waals surface area contributed by atoms with E-state index in [2.05, 4.69) is 15.5 Å². The summed E-state index contributed by atoms with van der Waals surface area (Å²) < 4.78 is 5.57. The van der Waals surface area contributed by atoms with Gasteiger partial charge in [-0.25, -0.2) is 4.79 Å². The highest BCUT2D eigenvalue weighted by atomic mass is 32.1. The standard InChI is InChI=1S/C21H28N4O2S/c1-2-25(21(26)27-14-15-7-4-3-5-8-15)18-10-6-9-17(13-18)22-20-24-23-19(28-20)16-11-12-16/h3-5,7-8,16-18H,2,6,9-14H2,1H3,(H,22,24)/t17-,18+/m1/s1. The Morgan fingerprint density at radius 1 is 1.21 bits per heavy atom. The number of anilines is 1. The topological polar surface area (TPSA) is 67.3 Å². The fourth-order valence-corrected chi connectivity index (χ4v) is 4.87. The minimum absolute atomic E-state index is 0.204. The highest BCUT2D eigenvalue weighted by Gasteiger charge is 2.31. The molecule has 4 rings (SSSR count). The number of benzene rings is 1. The highest BCUT2D eigenvalue weighted by molar-refractivity contribution is 7.15. The van der Waals surface area contributed by atoms with Crippen LogP contribution in [0.15, 0.2) is 30.3 Å². The fourth-order valence-electron chi connectivity index (χ4n) is 3.88. The van der Waals surface area contributed by atoms with Crippen LogP contribution in [0, 0.1) is 0 Å². The zero-order valence-electron chi connectivity index (χ0n) is 16.3. The quantitative estimate of drug-likeness (QED) is 0.723. The van der Waals surface area contributed by atoms with E-state index in [-0.39, 0.29) is 12.1 Å². The molecule has 1 aromatic heterocycles. The first-order chi connectivity index (χ1) is 13.7. The SMILES string of the molecule is CCN(C(=O)OCc1ccccc1)[C@H]1CCC[C@@H](Nc2nnc(C3CC3)s2)C1. The van der Waals surface area contributed by atoms with E-state index in [9.17, 15) is 4.79 Å². The van der Waals surface area contributed by atoms with Gasteiger partial charge in [0.25, 0.3) is 0 Å². The second kappa shape index (κ2) is 8.90. The number of hydrogen-bond donors (Lipinski definition) is 1. The van der Waals surface area contributed by atoms with Gasteiger partial charge in [0.15, 0.2) is 0 Å². The number of aromatic nitrogens is 2. The molecule has 7 heteroatoms. The van der Waals surface area contributed by atoms with E-state index in [1.54, 1.807) is 11.3 Å². The Morgan fingerprint density at radius 2 is 2.04 bits per heavy atom. The van der Waals surface area contributed by atoms with E-state index in [0.717, 1.165) is 41.4 Å². The van der Waals surface area contributed by atoms with Crippen LogP contribution in [0.25, 0.3) is 0 Å². The zero-order valence-corrected chi connectivity index (χ0v) is 17.2. The van der Waals surface area contributed by atoms with Crippen molar-refractivity contribution in [2.75, 3.05) is 11.9 Å². The van der Waals surface area contributed by atoms with Gasteiger partial charge in [-0.2, -0.15) is 0 Å².